The number of aliphatic hydroxyl groups excluding tert-OH is 1. The summed E-state index contributed by atoms with van der Waals surface area (Å²) >= 11 is 0. The molecule has 0 aliphatic carbocycles. The number of rotatable bonds is 18. The molecule has 0 spiro atoms. The van der Waals surface area contributed by atoms with Crippen molar-refractivity contribution in [2.75, 3.05) is 27.4 Å². The quantitative estimate of drug-likeness (QED) is 0.103. The number of esters is 1. The zero-order chi connectivity index (χ0) is 31.2. The maximum atomic E-state index is 12.7. The zero-order valence-corrected chi connectivity index (χ0v) is 26.2. The highest BCUT2D eigenvalue weighted by molar-refractivity contribution is 5.84. The summed E-state index contributed by atoms with van der Waals surface area (Å²) in [7, 11) is 2.81. The summed E-state index contributed by atoms with van der Waals surface area (Å²) in [6.45, 7) is 13.6. The molecule has 0 bridgehead atoms. The van der Waals surface area contributed by atoms with Crippen molar-refractivity contribution in [1.82, 2.24) is 10.8 Å². The maximum Gasteiger partial charge on any atom is 0.343 e. The van der Waals surface area contributed by atoms with Crippen molar-refractivity contribution in [1.29, 1.82) is 0 Å². The van der Waals surface area contributed by atoms with Gasteiger partial charge in [-0.25, -0.2) is 9.59 Å². The minimum absolute atomic E-state index is 0.0224. The lowest BCUT2D eigenvalue weighted by atomic mass is 9.81. The lowest BCUT2D eigenvalue weighted by molar-refractivity contribution is -0.143. The van der Waals surface area contributed by atoms with E-state index in [1.165, 1.54) is 14.2 Å². The number of hydrogen-bond donors (Lipinski definition) is 3. The monoisotopic (exact) mass is 578 g/mol. The minimum Gasteiger partial charge on any atom is -0.493 e. The van der Waals surface area contributed by atoms with Gasteiger partial charge in [-0.1, -0.05) is 33.3 Å². The molecule has 0 heterocycles. The smallest absolute Gasteiger partial charge is 0.343 e. The second-order valence-corrected chi connectivity index (χ2v) is 11.6. The van der Waals surface area contributed by atoms with Gasteiger partial charge in [0.25, 0.3) is 0 Å². The number of unbranched alkanes of at least 4 members (excludes halogenated alkanes) is 1. The van der Waals surface area contributed by atoms with Crippen LogP contribution >= 0.6 is 0 Å². The maximum absolute atomic E-state index is 12.7. The van der Waals surface area contributed by atoms with Crippen LogP contribution in [0.3, 0.4) is 0 Å². The molecule has 0 saturated carbocycles. The fraction of sp³-hybridized carbons (Fsp3) is 0.677. The van der Waals surface area contributed by atoms with Crippen molar-refractivity contribution >= 4 is 17.8 Å². The topological polar surface area (TPSA) is 132 Å². The van der Waals surface area contributed by atoms with Gasteiger partial charge in [0, 0.05) is 6.54 Å². The first-order chi connectivity index (χ1) is 19.3. The lowest BCUT2D eigenvalue weighted by Crippen LogP contribution is -2.48. The first-order valence-electron chi connectivity index (χ1n) is 14.3. The highest BCUT2D eigenvalue weighted by atomic mass is 16.7. The average molecular weight is 579 g/mol. The molecular formula is C31H50N2O8. The van der Waals surface area contributed by atoms with Gasteiger partial charge in [-0.15, -0.1) is 0 Å². The number of nitrogens with one attached hydrogen (secondary N) is 2. The van der Waals surface area contributed by atoms with E-state index in [2.05, 4.69) is 29.4 Å². The van der Waals surface area contributed by atoms with Crippen LogP contribution in [0.4, 0.5) is 0 Å². The molecule has 10 heteroatoms. The van der Waals surface area contributed by atoms with Crippen molar-refractivity contribution in [2.24, 2.45) is 17.8 Å². The Balaban J connectivity index is 3.24. The number of amides is 1. The fourth-order valence-electron chi connectivity index (χ4n) is 4.17. The molecule has 10 nitrogen and oxygen atoms in total. The number of carbonyl (C=O) groups is 2. The van der Waals surface area contributed by atoms with Crippen LogP contribution in [-0.2, 0) is 30.4 Å². The van der Waals surface area contributed by atoms with E-state index in [4.69, 9.17) is 14.3 Å². The number of methoxy groups -OCH3 is 2. The van der Waals surface area contributed by atoms with Crippen molar-refractivity contribution in [3.63, 3.8) is 0 Å². The van der Waals surface area contributed by atoms with E-state index >= 15 is 0 Å². The standard InChI is InChI=1S/C31H50N2O8/c1-10-11-14-32-30(37)21(4)24(18-34)29(36)25(33-41-31(5,6)7)17-23(20(2)3)15-22-12-13-26(38-8)27(16-22)40-19-28(35)39-9/h12-13,16,20-21,23,25,29,33,36H,10-11,14-15,17,19H2,1-9H3,(H,32,37)/t21-,23+,25+,29+/m1/s1. The summed E-state index contributed by atoms with van der Waals surface area (Å²) in [5.74, 6) is 1.26. The SMILES string of the molecule is CCCCNC(=O)[C@H](C)C(=C=O)[C@H](O)[C@H](C[C@H](Cc1ccc(OC)c(OCC(=O)OC)c1)C(C)C)NOC(C)(C)C. The fourth-order valence-corrected chi connectivity index (χ4v) is 4.17. The Morgan fingerprint density at radius 3 is 2.32 bits per heavy atom. The molecule has 3 N–H and O–H groups in total. The van der Waals surface area contributed by atoms with Crippen LogP contribution in [0, 0.1) is 17.8 Å². The van der Waals surface area contributed by atoms with Crippen molar-refractivity contribution in [2.45, 2.75) is 91.9 Å². The minimum atomic E-state index is -1.31. The Morgan fingerprint density at radius 1 is 1.10 bits per heavy atom. The second kappa shape index (κ2) is 17.8. The molecule has 4 atom stereocenters. The van der Waals surface area contributed by atoms with Gasteiger partial charge in [0.05, 0.1) is 37.4 Å². The highest BCUT2D eigenvalue weighted by Gasteiger charge is 2.34. The van der Waals surface area contributed by atoms with Crippen LogP contribution in [0.15, 0.2) is 23.8 Å². The van der Waals surface area contributed by atoms with Crippen molar-refractivity contribution in [3.8, 4) is 11.5 Å². The largest absolute Gasteiger partial charge is 0.493 e. The summed E-state index contributed by atoms with van der Waals surface area (Å²) in [6.07, 6.45) is 1.46. The number of ether oxygens (including phenoxy) is 3. The Kier molecular flexibility index (Phi) is 15.7. The Hall–Kier alpha value is -2.91. The molecule has 1 amide bonds. The number of hydrogen-bond acceptors (Lipinski definition) is 9. The summed E-state index contributed by atoms with van der Waals surface area (Å²) in [5, 5.41) is 14.2. The third-order valence-electron chi connectivity index (χ3n) is 6.82. The first kappa shape index (κ1) is 36.1. The van der Waals surface area contributed by atoms with Gasteiger partial charge in [-0.2, -0.15) is 5.48 Å². The molecule has 0 unspecified atom stereocenters. The van der Waals surface area contributed by atoms with E-state index in [1.54, 1.807) is 13.0 Å². The van der Waals surface area contributed by atoms with E-state index in [0.717, 1.165) is 18.4 Å². The summed E-state index contributed by atoms with van der Waals surface area (Å²) < 4.78 is 15.7. The number of benzene rings is 1. The molecular weight excluding hydrogens is 528 g/mol. The first-order valence-corrected chi connectivity index (χ1v) is 14.3. The van der Waals surface area contributed by atoms with Crippen LogP contribution in [0.5, 0.6) is 11.5 Å². The van der Waals surface area contributed by atoms with Crippen molar-refractivity contribution < 1.29 is 38.5 Å². The van der Waals surface area contributed by atoms with Gasteiger partial charge in [0.1, 0.15) is 12.0 Å². The molecule has 0 aliphatic heterocycles. The van der Waals surface area contributed by atoms with Crippen LogP contribution in [0.1, 0.15) is 73.3 Å². The van der Waals surface area contributed by atoms with Crippen LogP contribution in [-0.4, -0.2) is 68.0 Å². The molecule has 41 heavy (non-hydrogen) atoms. The second-order valence-electron chi connectivity index (χ2n) is 11.6. The molecule has 0 radical (unpaired) electrons. The Bertz CT molecular complexity index is 1010. The van der Waals surface area contributed by atoms with E-state index in [0.29, 0.717) is 30.9 Å². The molecule has 0 aromatic heterocycles. The van der Waals surface area contributed by atoms with Gasteiger partial charge < -0.3 is 24.6 Å². The number of aliphatic hydroxyl groups is 1. The molecule has 1 aromatic carbocycles. The molecule has 0 aliphatic rings. The van der Waals surface area contributed by atoms with E-state index in [1.807, 2.05) is 45.8 Å². The summed E-state index contributed by atoms with van der Waals surface area (Å²) in [5.41, 5.74) is 3.32. The predicted molar refractivity (Wildman–Crippen MR) is 157 cm³/mol. The summed E-state index contributed by atoms with van der Waals surface area (Å²) in [6, 6.07) is 4.82. The van der Waals surface area contributed by atoms with E-state index < -0.39 is 29.6 Å². The van der Waals surface area contributed by atoms with Gasteiger partial charge in [-0.05, 0) is 76.5 Å². The van der Waals surface area contributed by atoms with Crippen molar-refractivity contribution in [3.05, 3.63) is 29.3 Å². The summed E-state index contributed by atoms with van der Waals surface area (Å²) in [4.78, 5) is 42.2. The van der Waals surface area contributed by atoms with Gasteiger partial charge in [0.2, 0.25) is 5.91 Å². The van der Waals surface area contributed by atoms with Crippen LogP contribution in [0.25, 0.3) is 0 Å². The number of carbonyl (C=O) groups excluding carboxylic acids is 3. The molecule has 0 saturated heterocycles. The normalized spacial score (nSPS) is 14.4. The van der Waals surface area contributed by atoms with Gasteiger partial charge in [0.15, 0.2) is 18.1 Å². The van der Waals surface area contributed by atoms with Crippen LogP contribution in [0.2, 0.25) is 0 Å². The third-order valence-corrected chi connectivity index (χ3v) is 6.82. The average Bonchev–Trinajstić information content (AvgIpc) is 2.92. The highest BCUT2D eigenvalue weighted by Crippen LogP contribution is 2.32. The third kappa shape index (κ3) is 12.6. The molecule has 1 aromatic rings. The van der Waals surface area contributed by atoms with Crippen LogP contribution < -0.4 is 20.3 Å². The lowest BCUT2D eigenvalue weighted by Gasteiger charge is -2.33. The van der Waals surface area contributed by atoms with E-state index in [9.17, 15) is 19.5 Å². The van der Waals surface area contributed by atoms with E-state index in [-0.39, 0.29) is 29.9 Å². The Morgan fingerprint density at radius 2 is 1.78 bits per heavy atom. The Labute approximate surface area is 245 Å². The molecule has 1 rings (SSSR count). The molecule has 232 valence electrons. The number of hydroxylamine groups is 1. The molecule has 0 fully saturated rings. The zero-order valence-electron chi connectivity index (χ0n) is 26.2. The van der Waals surface area contributed by atoms with Gasteiger partial charge >= 0.3 is 5.97 Å². The predicted octanol–water partition coefficient (Wildman–Crippen LogP) is 3.81. The van der Waals surface area contributed by atoms with Gasteiger partial charge in [-0.3, -0.25) is 9.63 Å².